The summed E-state index contributed by atoms with van der Waals surface area (Å²) in [6.07, 6.45) is 0. The van der Waals surface area contributed by atoms with E-state index in [0.717, 1.165) is 89.1 Å². The standard InChI is InChI=1S/C70H46N6/c1-45-38-39-66-60(40-45)57-32-12-17-37-65(57)76(66)67-58(48-24-18-26-51(41-48)74-61-33-13-8-28-53(61)54-29-9-14-34-62(54)74)43-50(70-72-68(46-20-4-2-5-21-46)71-69(73-70)47-22-6-3-7-23-47)44-59(67)49-25-19-27-52(42-49)75-63-35-15-10-30-55(63)56-31-11-16-36-64(56)75/h2-44H,1H3. The van der Waals surface area contributed by atoms with E-state index in [2.05, 4.69) is 245 Å². The smallest absolute Gasteiger partial charge is 0.164 e. The number of para-hydroxylation sites is 5. The van der Waals surface area contributed by atoms with Gasteiger partial charge in [-0.3, -0.25) is 0 Å². The van der Waals surface area contributed by atoms with E-state index in [-0.39, 0.29) is 0 Å². The molecule has 76 heavy (non-hydrogen) atoms. The monoisotopic (exact) mass is 970 g/mol. The Morgan fingerprint density at radius 3 is 1.03 bits per heavy atom. The van der Waals surface area contributed by atoms with E-state index in [9.17, 15) is 0 Å². The normalized spacial score (nSPS) is 11.8. The molecule has 0 aliphatic carbocycles. The molecule has 0 unspecified atom stereocenters. The van der Waals surface area contributed by atoms with E-state index < -0.39 is 0 Å². The Morgan fingerprint density at radius 1 is 0.250 bits per heavy atom. The number of benzene rings is 11. The molecule has 0 saturated carbocycles. The lowest BCUT2D eigenvalue weighted by molar-refractivity contribution is 1.07. The topological polar surface area (TPSA) is 53.5 Å². The summed E-state index contributed by atoms with van der Waals surface area (Å²) in [5.41, 5.74) is 18.1. The third-order valence-electron chi connectivity index (χ3n) is 15.1. The van der Waals surface area contributed by atoms with Gasteiger partial charge in [0.15, 0.2) is 17.5 Å². The second-order valence-electron chi connectivity index (χ2n) is 19.7. The van der Waals surface area contributed by atoms with Crippen LogP contribution in [0, 0.1) is 6.92 Å². The second kappa shape index (κ2) is 17.5. The lowest BCUT2D eigenvalue weighted by Gasteiger charge is -2.22. The molecule has 0 fully saturated rings. The van der Waals surface area contributed by atoms with Crippen molar-refractivity contribution in [2.24, 2.45) is 0 Å². The molecule has 0 aliphatic heterocycles. The maximum atomic E-state index is 5.39. The van der Waals surface area contributed by atoms with Crippen LogP contribution in [0.3, 0.4) is 0 Å². The van der Waals surface area contributed by atoms with Gasteiger partial charge in [0.2, 0.25) is 0 Å². The maximum absolute atomic E-state index is 5.39. The molecular formula is C70H46N6. The van der Waals surface area contributed by atoms with Crippen molar-refractivity contribution in [3.63, 3.8) is 0 Å². The first-order valence-electron chi connectivity index (χ1n) is 25.8. The highest BCUT2D eigenvalue weighted by Crippen LogP contribution is 2.46. The number of fused-ring (bicyclic) bond motifs is 9. The van der Waals surface area contributed by atoms with Crippen LogP contribution in [0.1, 0.15) is 5.56 Å². The Morgan fingerprint density at radius 2 is 0.592 bits per heavy atom. The molecule has 0 amide bonds. The van der Waals surface area contributed by atoms with Crippen LogP contribution in [0.4, 0.5) is 0 Å². The molecule has 356 valence electrons. The van der Waals surface area contributed by atoms with Crippen LogP contribution >= 0.6 is 0 Å². The van der Waals surface area contributed by atoms with Crippen molar-refractivity contribution in [1.82, 2.24) is 28.7 Å². The predicted molar refractivity (Wildman–Crippen MR) is 315 cm³/mol. The van der Waals surface area contributed by atoms with Gasteiger partial charge in [-0.2, -0.15) is 0 Å². The summed E-state index contributed by atoms with van der Waals surface area (Å²) in [4.78, 5) is 15.9. The Kier molecular flexibility index (Phi) is 10.0. The van der Waals surface area contributed by atoms with Crippen molar-refractivity contribution in [3.05, 3.63) is 266 Å². The number of aromatic nitrogens is 6. The zero-order chi connectivity index (χ0) is 50.3. The SMILES string of the molecule is Cc1ccc2c(c1)c1ccccc1n2-c1c(-c2cccc(-n3c4ccccc4c4ccccc43)c2)cc(-c2nc(-c3ccccc3)nc(-c3ccccc3)n2)cc1-c1cccc(-n2c3ccccc3c3ccccc32)c1. The van der Waals surface area contributed by atoms with E-state index in [1.54, 1.807) is 0 Å². The number of aryl methyl sites for hydroxylation is 1. The van der Waals surface area contributed by atoms with E-state index in [4.69, 9.17) is 15.0 Å². The van der Waals surface area contributed by atoms with Crippen molar-refractivity contribution in [2.45, 2.75) is 6.92 Å². The van der Waals surface area contributed by atoms with Gasteiger partial charge in [0.05, 0.1) is 38.8 Å². The molecule has 0 spiro atoms. The van der Waals surface area contributed by atoms with E-state index in [1.165, 1.54) is 37.9 Å². The van der Waals surface area contributed by atoms with Gasteiger partial charge in [0.1, 0.15) is 0 Å². The molecule has 15 aromatic rings. The predicted octanol–water partition coefficient (Wildman–Crippen LogP) is 17.8. The minimum atomic E-state index is 0.580. The van der Waals surface area contributed by atoms with Gasteiger partial charge in [0, 0.05) is 71.5 Å². The molecule has 4 aromatic heterocycles. The third-order valence-corrected chi connectivity index (χ3v) is 15.1. The summed E-state index contributed by atoms with van der Waals surface area (Å²) in [7, 11) is 0. The quantitative estimate of drug-likeness (QED) is 0.152. The molecule has 11 aromatic carbocycles. The van der Waals surface area contributed by atoms with Crippen LogP contribution in [-0.4, -0.2) is 28.7 Å². The van der Waals surface area contributed by atoms with Gasteiger partial charge in [0.25, 0.3) is 0 Å². The highest BCUT2D eigenvalue weighted by Gasteiger charge is 2.25. The molecule has 0 N–H and O–H groups in total. The minimum absolute atomic E-state index is 0.580. The highest BCUT2D eigenvalue weighted by molar-refractivity contribution is 6.13. The van der Waals surface area contributed by atoms with Crippen LogP contribution in [0.5, 0.6) is 0 Å². The Balaban J connectivity index is 1.08. The van der Waals surface area contributed by atoms with Crippen LogP contribution in [0.2, 0.25) is 0 Å². The average Bonchev–Trinajstić information content (AvgIpc) is 4.15. The number of nitrogens with zero attached hydrogens (tertiary/aromatic N) is 6. The van der Waals surface area contributed by atoms with Gasteiger partial charge in [-0.1, -0.05) is 188 Å². The van der Waals surface area contributed by atoms with Crippen molar-refractivity contribution < 1.29 is 0 Å². The van der Waals surface area contributed by atoms with Gasteiger partial charge in [-0.05, 0) is 96.9 Å². The first-order chi connectivity index (χ1) is 37.6. The lowest BCUT2D eigenvalue weighted by atomic mass is 9.92. The molecule has 0 radical (unpaired) electrons. The Labute approximate surface area is 438 Å². The molecular weight excluding hydrogens is 925 g/mol. The summed E-state index contributed by atoms with van der Waals surface area (Å²) in [6, 6.07) is 93.8. The van der Waals surface area contributed by atoms with E-state index in [0.29, 0.717) is 17.5 Å². The zero-order valence-electron chi connectivity index (χ0n) is 41.5. The first kappa shape index (κ1) is 43.4. The molecule has 4 heterocycles. The van der Waals surface area contributed by atoms with Gasteiger partial charge in [-0.25, -0.2) is 15.0 Å². The summed E-state index contributed by atoms with van der Waals surface area (Å²) >= 11 is 0. The van der Waals surface area contributed by atoms with E-state index in [1.807, 2.05) is 36.4 Å². The van der Waals surface area contributed by atoms with Crippen LogP contribution in [0.25, 0.3) is 139 Å². The van der Waals surface area contributed by atoms with E-state index >= 15 is 0 Å². The highest BCUT2D eigenvalue weighted by atomic mass is 15.0. The summed E-state index contributed by atoms with van der Waals surface area (Å²) in [6.45, 7) is 2.18. The second-order valence-corrected chi connectivity index (χ2v) is 19.7. The van der Waals surface area contributed by atoms with Gasteiger partial charge in [-0.15, -0.1) is 0 Å². The van der Waals surface area contributed by atoms with Crippen LogP contribution in [-0.2, 0) is 0 Å². The van der Waals surface area contributed by atoms with Crippen LogP contribution < -0.4 is 0 Å². The largest absolute Gasteiger partial charge is 0.309 e. The molecule has 0 aliphatic rings. The molecule has 6 heteroatoms. The van der Waals surface area contributed by atoms with Gasteiger partial charge < -0.3 is 13.7 Å². The summed E-state index contributed by atoms with van der Waals surface area (Å²) in [5, 5.41) is 7.27. The number of hydrogen-bond donors (Lipinski definition) is 0. The zero-order valence-corrected chi connectivity index (χ0v) is 41.5. The fourth-order valence-corrected chi connectivity index (χ4v) is 11.7. The lowest BCUT2D eigenvalue weighted by Crippen LogP contribution is -2.05. The first-order valence-corrected chi connectivity index (χ1v) is 25.8. The van der Waals surface area contributed by atoms with Crippen molar-refractivity contribution >= 4 is 65.4 Å². The van der Waals surface area contributed by atoms with Gasteiger partial charge >= 0.3 is 0 Å². The average molecular weight is 971 g/mol. The van der Waals surface area contributed by atoms with Crippen molar-refractivity contribution in [3.8, 4) is 73.5 Å². The molecule has 0 saturated heterocycles. The summed E-state index contributed by atoms with van der Waals surface area (Å²) in [5.74, 6) is 1.80. The Bertz CT molecular complexity index is 4430. The number of hydrogen-bond acceptors (Lipinski definition) is 3. The molecule has 6 nitrogen and oxygen atoms in total. The number of rotatable bonds is 8. The fourth-order valence-electron chi connectivity index (χ4n) is 11.7. The molecule has 0 atom stereocenters. The molecule has 15 rings (SSSR count). The molecule has 0 bridgehead atoms. The Hall–Kier alpha value is -10.2. The minimum Gasteiger partial charge on any atom is -0.309 e. The maximum Gasteiger partial charge on any atom is 0.164 e. The third kappa shape index (κ3) is 6.99. The van der Waals surface area contributed by atoms with Crippen molar-refractivity contribution in [2.75, 3.05) is 0 Å². The van der Waals surface area contributed by atoms with Crippen molar-refractivity contribution in [1.29, 1.82) is 0 Å². The summed E-state index contributed by atoms with van der Waals surface area (Å²) < 4.78 is 7.31. The fraction of sp³-hybridized carbons (Fsp3) is 0.0143. The van der Waals surface area contributed by atoms with Crippen LogP contribution in [0.15, 0.2) is 261 Å².